The maximum atomic E-state index is 13.6. The number of aryl methyl sites for hydroxylation is 2. The largest absolute Gasteiger partial charge is 0.454 e. The summed E-state index contributed by atoms with van der Waals surface area (Å²) in [5.74, 6) is 3.75. The van der Waals surface area contributed by atoms with Crippen molar-refractivity contribution in [3.05, 3.63) is 71.7 Å². The smallest absolute Gasteiger partial charge is 0.254 e. The highest BCUT2D eigenvalue weighted by atomic mass is 16.3. The summed E-state index contributed by atoms with van der Waals surface area (Å²) in [5, 5.41) is 10.6. The molecule has 1 amide bonds. The van der Waals surface area contributed by atoms with Gasteiger partial charge in [-0.25, -0.2) is 4.98 Å². The van der Waals surface area contributed by atoms with Gasteiger partial charge in [-0.2, -0.15) is 0 Å². The molecule has 8 nitrogen and oxygen atoms in total. The normalized spacial score (nSPS) is 21.7. The molecule has 0 radical (unpaired) electrons. The maximum absolute atomic E-state index is 13.6. The van der Waals surface area contributed by atoms with Crippen LogP contribution < -0.4 is 0 Å². The van der Waals surface area contributed by atoms with E-state index in [1.807, 2.05) is 35.7 Å². The van der Waals surface area contributed by atoms with Gasteiger partial charge in [-0.15, -0.1) is 10.2 Å². The summed E-state index contributed by atoms with van der Waals surface area (Å²) in [4.78, 5) is 20.9. The van der Waals surface area contributed by atoms with Crippen LogP contribution in [0.5, 0.6) is 0 Å². The van der Waals surface area contributed by atoms with Gasteiger partial charge in [-0.05, 0) is 99.7 Å². The van der Waals surface area contributed by atoms with Crippen molar-refractivity contribution in [2.75, 3.05) is 6.54 Å². The Bertz CT molecular complexity index is 2100. The van der Waals surface area contributed by atoms with E-state index in [4.69, 9.17) is 9.40 Å². The van der Waals surface area contributed by atoms with Crippen LogP contribution in [0, 0.1) is 31.6 Å². The van der Waals surface area contributed by atoms with E-state index < -0.39 is 0 Å². The molecule has 216 valence electrons. The molecular formula is C35H34N6O2. The van der Waals surface area contributed by atoms with Crippen LogP contribution in [0.4, 0.5) is 0 Å². The Hall–Kier alpha value is -4.46. The Morgan fingerprint density at radius 1 is 1.00 bits per heavy atom. The minimum atomic E-state index is 0.135. The van der Waals surface area contributed by atoms with Gasteiger partial charge in [-0.3, -0.25) is 9.20 Å². The van der Waals surface area contributed by atoms with Crippen molar-refractivity contribution < 1.29 is 9.21 Å². The molecule has 2 saturated carbocycles. The quantitative estimate of drug-likeness (QED) is 0.222. The number of fused-ring (bicyclic) bond motifs is 5. The second-order valence-corrected chi connectivity index (χ2v) is 13.1. The standard InChI is InChI=1S/C35H34N6O2/c1-19-26-8-11-29(19)41(18-26)35(42)25-6-9-27-20(2)33(43-31(27)15-25)30-14-24-7-10-28(36-34(24)40(30)17-22-4-5-22)23-12-13-39-21(3)37-38-32(39)16-23/h6-7,9-10,12-16,19,22,26,29H,4-5,8,11,17-18H2,1-3H3/t19-,26?,29?/m1/s1. The molecule has 0 spiro atoms. The van der Waals surface area contributed by atoms with E-state index in [9.17, 15) is 4.79 Å². The monoisotopic (exact) mass is 570 g/mol. The van der Waals surface area contributed by atoms with Crippen LogP contribution in [-0.2, 0) is 6.54 Å². The summed E-state index contributed by atoms with van der Waals surface area (Å²) < 4.78 is 10.9. The Morgan fingerprint density at radius 3 is 2.67 bits per heavy atom. The molecule has 1 saturated heterocycles. The van der Waals surface area contributed by atoms with Crippen molar-refractivity contribution in [2.45, 2.75) is 59.0 Å². The lowest BCUT2D eigenvalue weighted by atomic mass is 10.0. The zero-order valence-corrected chi connectivity index (χ0v) is 24.7. The zero-order valence-electron chi connectivity index (χ0n) is 24.7. The van der Waals surface area contributed by atoms with E-state index in [1.54, 1.807) is 0 Å². The van der Waals surface area contributed by atoms with E-state index in [0.29, 0.717) is 23.8 Å². The van der Waals surface area contributed by atoms with E-state index in [0.717, 1.165) is 86.8 Å². The number of amides is 1. The third kappa shape index (κ3) is 3.81. The average Bonchev–Trinajstić information content (AvgIpc) is 3.23. The number of hydrogen-bond acceptors (Lipinski definition) is 5. The summed E-state index contributed by atoms with van der Waals surface area (Å²) >= 11 is 0. The van der Waals surface area contributed by atoms with Gasteiger partial charge >= 0.3 is 0 Å². The van der Waals surface area contributed by atoms with Gasteiger partial charge in [0.15, 0.2) is 11.4 Å². The minimum Gasteiger partial charge on any atom is -0.454 e. The molecule has 0 N–H and O–H groups in total. The molecular weight excluding hydrogens is 536 g/mol. The Balaban J connectivity index is 1.12. The number of carbonyl (C=O) groups excluding carboxylic acids is 1. The lowest BCUT2D eigenvalue weighted by Gasteiger charge is -2.27. The lowest BCUT2D eigenvalue weighted by Crippen LogP contribution is -2.38. The molecule has 3 fully saturated rings. The number of hydrogen-bond donors (Lipinski definition) is 0. The predicted molar refractivity (Wildman–Crippen MR) is 166 cm³/mol. The molecule has 2 bridgehead atoms. The number of pyridine rings is 2. The number of aromatic nitrogens is 5. The van der Waals surface area contributed by atoms with Crippen LogP contribution in [0.15, 0.2) is 59.1 Å². The summed E-state index contributed by atoms with van der Waals surface area (Å²) in [6, 6.07) is 16.9. The van der Waals surface area contributed by atoms with Crippen LogP contribution in [0.1, 0.15) is 54.4 Å². The molecule has 6 heterocycles. The number of likely N-dealkylation sites (tertiary alicyclic amines) is 1. The molecule has 8 heteroatoms. The Morgan fingerprint density at radius 2 is 1.88 bits per heavy atom. The number of carbonyl (C=O) groups is 1. The summed E-state index contributed by atoms with van der Waals surface area (Å²) in [6.45, 7) is 8.17. The highest BCUT2D eigenvalue weighted by Gasteiger charge is 2.46. The molecule has 43 heavy (non-hydrogen) atoms. The minimum absolute atomic E-state index is 0.135. The summed E-state index contributed by atoms with van der Waals surface area (Å²) in [6.07, 6.45) is 6.86. The van der Waals surface area contributed by atoms with E-state index >= 15 is 0 Å². The third-order valence-electron chi connectivity index (χ3n) is 10.5. The average molecular weight is 571 g/mol. The van der Waals surface area contributed by atoms with Crippen LogP contribution >= 0.6 is 0 Å². The van der Waals surface area contributed by atoms with Crippen molar-refractivity contribution in [1.29, 1.82) is 0 Å². The fourth-order valence-corrected chi connectivity index (χ4v) is 7.70. The van der Waals surface area contributed by atoms with Gasteiger partial charge < -0.3 is 13.9 Å². The van der Waals surface area contributed by atoms with E-state index in [2.05, 4.69) is 63.8 Å². The second-order valence-electron chi connectivity index (χ2n) is 13.1. The first kappa shape index (κ1) is 25.1. The molecule has 5 aromatic heterocycles. The SMILES string of the molecule is Cc1c(-c2cc3ccc(-c4ccn5c(C)nnc5c4)nc3n2CC2CC2)oc2cc(C(=O)N3CC4CCC3[C@@H]4C)ccc12. The molecule has 9 rings (SSSR count). The van der Waals surface area contributed by atoms with Gasteiger partial charge in [0.2, 0.25) is 0 Å². The van der Waals surface area contributed by atoms with Gasteiger partial charge in [0.05, 0.1) is 11.4 Å². The second kappa shape index (κ2) is 9.02. The lowest BCUT2D eigenvalue weighted by molar-refractivity contribution is 0.0696. The number of nitrogens with zero attached hydrogens (tertiary/aromatic N) is 6. The van der Waals surface area contributed by atoms with E-state index in [-0.39, 0.29) is 5.91 Å². The first-order valence-electron chi connectivity index (χ1n) is 15.6. The van der Waals surface area contributed by atoms with Crippen molar-refractivity contribution in [2.24, 2.45) is 17.8 Å². The fraction of sp³-hybridized carbons (Fsp3) is 0.371. The molecule has 1 aromatic carbocycles. The Kier molecular flexibility index (Phi) is 5.26. The van der Waals surface area contributed by atoms with Crippen molar-refractivity contribution >= 4 is 33.6 Å². The molecule has 1 aliphatic heterocycles. The third-order valence-corrected chi connectivity index (χ3v) is 10.5. The van der Waals surface area contributed by atoms with Gasteiger partial charge in [0.1, 0.15) is 17.1 Å². The first-order chi connectivity index (χ1) is 20.9. The molecule has 6 aromatic rings. The number of furan rings is 1. The molecule has 2 aliphatic carbocycles. The molecule has 3 atom stereocenters. The summed E-state index contributed by atoms with van der Waals surface area (Å²) in [5.41, 5.74) is 7.32. The zero-order chi connectivity index (χ0) is 29.0. The van der Waals surface area contributed by atoms with Gasteiger partial charge in [0.25, 0.3) is 5.91 Å². The van der Waals surface area contributed by atoms with Crippen LogP contribution in [0.3, 0.4) is 0 Å². The number of piperidine rings is 1. The van der Waals surface area contributed by atoms with Gasteiger partial charge in [0, 0.05) is 52.8 Å². The van der Waals surface area contributed by atoms with Crippen molar-refractivity contribution in [1.82, 2.24) is 29.0 Å². The fourth-order valence-electron chi connectivity index (χ4n) is 7.70. The predicted octanol–water partition coefficient (Wildman–Crippen LogP) is 7.06. The highest BCUT2D eigenvalue weighted by Crippen LogP contribution is 2.44. The van der Waals surface area contributed by atoms with Crippen LogP contribution in [-0.4, -0.2) is 47.5 Å². The Labute approximate surface area is 249 Å². The molecule has 3 aliphatic rings. The topological polar surface area (TPSA) is 81.5 Å². The highest BCUT2D eigenvalue weighted by molar-refractivity contribution is 6.00. The maximum Gasteiger partial charge on any atom is 0.254 e. The molecule has 2 unspecified atom stereocenters. The van der Waals surface area contributed by atoms with Crippen LogP contribution in [0.25, 0.3) is 50.4 Å². The van der Waals surface area contributed by atoms with Crippen molar-refractivity contribution in [3.63, 3.8) is 0 Å². The number of benzene rings is 1. The van der Waals surface area contributed by atoms with E-state index in [1.165, 1.54) is 19.3 Å². The van der Waals surface area contributed by atoms with Gasteiger partial charge in [-0.1, -0.05) is 13.0 Å². The van der Waals surface area contributed by atoms with Crippen LogP contribution in [0.2, 0.25) is 0 Å². The number of rotatable bonds is 5. The summed E-state index contributed by atoms with van der Waals surface area (Å²) in [7, 11) is 0. The first-order valence-corrected chi connectivity index (χ1v) is 15.6. The van der Waals surface area contributed by atoms with Crippen molar-refractivity contribution in [3.8, 4) is 22.7 Å².